The summed E-state index contributed by atoms with van der Waals surface area (Å²) in [6.45, 7) is 1.95. The zero-order chi connectivity index (χ0) is 13.1. The highest BCUT2D eigenvalue weighted by atomic mass is 127. The highest BCUT2D eigenvalue weighted by Crippen LogP contribution is 2.39. The molecule has 0 spiro atoms. The monoisotopic (exact) mass is 360 g/mol. The molecule has 0 unspecified atom stereocenters. The molecule has 1 rings (SSSR count). The van der Waals surface area contributed by atoms with E-state index in [0.29, 0.717) is 9.99 Å². The molecule has 0 amide bonds. The summed E-state index contributed by atoms with van der Waals surface area (Å²) in [4.78, 5) is 0. The third-order valence-electron chi connectivity index (χ3n) is 2.09. The predicted octanol–water partition coefficient (Wildman–Crippen LogP) is 4.15. The van der Waals surface area contributed by atoms with Crippen LogP contribution < -0.4 is 9.47 Å². The molecule has 1 aromatic rings. The number of alkyl halides is 3. The van der Waals surface area contributed by atoms with Crippen molar-refractivity contribution in [2.75, 3.05) is 7.11 Å². The van der Waals surface area contributed by atoms with Crippen LogP contribution in [0.15, 0.2) is 12.1 Å². The molecule has 1 aromatic carbocycles. The zero-order valence-electron chi connectivity index (χ0n) is 9.40. The maximum atomic E-state index is 12.3. The van der Waals surface area contributed by atoms with Gasteiger partial charge in [-0.05, 0) is 40.6 Å². The van der Waals surface area contributed by atoms with Gasteiger partial charge in [-0.1, -0.05) is 19.4 Å². The van der Waals surface area contributed by atoms with Crippen LogP contribution in [0.25, 0.3) is 0 Å². The molecule has 0 aromatic heterocycles. The topological polar surface area (TPSA) is 18.5 Å². The second kappa shape index (κ2) is 5.79. The largest absolute Gasteiger partial charge is 0.573 e. The van der Waals surface area contributed by atoms with Gasteiger partial charge in [-0.3, -0.25) is 0 Å². The minimum atomic E-state index is -4.71. The fourth-order valence-corrected chi connectivity index (χ4v) is 2.02. The molecule has 0 radical (unpaired) electrons. The Morgan fingerprint density at radius 3 is 2.35 bits per heavy atom. The maximum Gasteiger partial charge on any atom is 0.573 e. The molecule has 6 heteroatoms. The van der Waals surface area contributed by atoms with E-state index in [1.807, 2.05) is 6.92 Å². The molecule has 0 aliphatic heterocycles. The highest BCUT2D eigenvalue weighted by Gasteiger charge is 2.34. The quantitative estimate of drug-likeness (QED) is 0.752. The first kappa shape index (κ1) is 14.4. The molecule has 96 valence electrons. The molecule has 0 aliphatic rings. The Balaban J connectivity index is 3.20. The van der Waals surface area contributed by atoms with Gasteiger partial charge in [0.25, 0.3) is 0 Å². The van der Waals surface area contributed by atoms with Gasteiger partial charge in [0.15, 0.2) is 11.5 Å². The Kier molecular flexibility index (Phi) is 4.91. The summed E-state index contributed by atoms with van der Waals surface area (Å²) in [6.07, 6.45) is -3.24. The van der Waals surface area contributed by atoms with Crippen LogP contribution in [0.5, 0.6) is 11.5 Å². The number of aryl methyl sites for hydroxylation is 1. The third kappa shape index (κ3) is 3.93. The Labute approximate surface area is 111 Å². The van der Waals surface area contributed by atoms with Crippen molar-refractivity contribution in [2.24, 2.45) is 0 Å². The highest BCUT2D eigenvalue weighted by molar-refractivity contribution is 14.1. The lowest BCUT2D eigenvalue weighted by atomic mass is 10.1. The van der Waals surface area contributed by atoms with E-state index in [2.05, 4.69) is 4.74 Å². The summed E-state index contributed by atoms with van der Waals surface area (Å²) in [5.41, 5.74) is 0.717. The van der Waals surface area contributed by atoms with Crippen LogP contribution in [0, 0.1) is 3.57 Å². The summed E-state index contributed by atoms with van der Waals surface area (Å²) in [5, 5.41) is 0. The van der Waals surface area contributed by atoms with Crippen molar-refractivity contribution in [3.8, 4) is 11.5 Å². The molecule has 0 atom stereocenters. The lowest BCUT2D eigenvalue weighted by Crippen LogP contribution is -2.18. The molecule has 0 saturated carbocycles. The van der Waals surface area contributed by atoms with Crippen LogP contribution in [-0.2, 0) is 6.42 Å². The standard InChI is InChI=1S/C11H12F3IO2/c1-3-4-7-5-6-8(15)10(9(7)16-2)17-11(12,13)14/h5-6H,3-4H2,1-2H3. The van der Waals surface area contributed by atoms with Gasteiger partial charge in [-0.25, -0.2) is 0 Å². The van der Waals surface area contributed by atoms with Crippen LogP contribution in [0.1, 0.15) is 18.9 Å². The van der Waals surface area contributed by atoms with Gasteiger partial charge >= 0.3 is 6.36 Å². The normalized spacial score (nSPS) is 11.4. The van der Waals surface area contributed by atoms with Crippen molar-refractivity contribution in [3.05, 3.63) is 21.3 Å². The Morgan fingerprint density at radius 2 is 1.88 bits per heavy atom. The van der Waals surface area contributed by atoms with Gasteiger partial charge in [-0.2, -0.15) is 0 Å². The van der Waals surface area contributed by atoms with E-state index in [-0.39, 0.29) is 11.5 Å². The third-order valence-corrected chi connectivity index (χ3v) is 2.94. The zero-order valence-corrected chi connectivity index (χ0v) is 11.6. The summed E-state index contributed by atoms with van der Waals surface area (Å²) in [6, 6.07) is 3.35. The molecule has 0 saturated heterocycles. The first-order valence-electron chi connectivity index (χ1n) is 5.00. The van der Waals surface area contributed by atoms with Crippen molar-refractivity contribution in [1.82, 2.24) is 0 Å². The number of hydrogen-bond donors (Lipinski definition) is 0. The van der Waals surface area contributed by atoms with E-state index < -0.39 is 6.36 Å². The lowest BCUT2D eigenvalue weighted by Gasteiger charge is -2.16. The predicted molar refractivity (Wildman–Crippen MR) is 66.4 cm³/mol. The first-order valence-corrected chi connectivity index (χ1v) is 6.08. The second-order valence-corrected chi connectivity index (χ2v) is 4.53. The van der Waals surface area contributed by atoms with Gasteiger partial charge in [0, 0.05) is 0 Å². The fraction of sp³-hybridized carbons (Fsp3) is 0.455. The van der Waals surface area contributed by atoms with E-state index in [1.54, 1.807) is 34.7 Å². The second-order valence-electron chi connectivity index (χ2n) is 3.37. The fourth-order valence-electron chi connectivity index (χ4n) is 1.48. The maximum absolute atomic E-state index is 12.3. The molecule has 0 fully saturated rings. The molecule has 2 nitrogen and oxygen atoms in total. The van der Waals surface area contributed by atoms with Gasteiger partial charge in [0.05, 0.1) is 10.7 Å². The number of rotatable bonds is 4. The molecule has 0 heterocycles. The Bertz CT molecular complexity index is 391. The van der Waals surface area contributed by atoms with Crippen molar-refractivity contribution in [3.63, 3.8) is 0 Å². The molecule has 0 bridgehead atoms. The van der Waals surface area contributed by atoms with Crippen molar-refractivity contribution in [1.29, 1.82) is 0 Å². The van der Waals surface area contributed by atoms with Crippen LogP contribution >= 0.6 is 22.6 Å². The average Bonchev–Trinajstić information content (AvgIpc) is 2.22. The van der Waals surface area contributed by atoms with Gasteiger partial charge in [0.2, 0.25) is 0 Å². The number of halogens is 4. The van der Waals surface area contributed by atoms with Gasteiger partial charge < -0.3 is 9.47 Å². The molecular weight excluding hydrogens is 348 g/mol. The first-order chi connectivity index (χ1) is 7.89. The number of benzene rings is 1. The Hall–Kier alpha value is -0.660. The van der Waals surface area contributed by atoms with Gasteiger partial charge in [-0.15, -0.1) is 13.2 Å². The van der Waals surface area contributed by atoms with Crippen LogP contribution in [0.3, 0.4) is 0 Å². The van der Waals surface area contributed by atoms with E-state index in [4.69, 9.17) is 4.74 Å². The van der Waals surface area contributed by atoms with Crippen molar-refractivity contribution in [2.45, 2.75) is 26.1 Å². The van der Waals surface area contributed by atoms with Gasteiger partial charge in [0.1, 0.15) is 0 Å². The van der Waals surface area contributed by atoms with E-state index in [9.17, 15) is 13.2 Å². The smallest absolute Gasteiger partial charge is 0.493 e. The van der Waals surface area contributed by atoms with Crippen molar-refractivity contribution < 1.29 is 22.6 Å². The summed E-state index contributed by atoms with van der Waals surface area (Å²) >= 11 is 1.79. The number of ether oxygens (including phenoxy) is 2. The molecular formula is C11H12F3IO2. The van der Waals surface area contributed by atoms with E-state index in [1.165, 1.54) is 7.11 Å². The Morgan fingerprint density at radius 1 is 1.24 bits per heavy atom. The van der Waals surface area contributed by atoms with Crippen molar-refractivity contribution >= 4 is 22.6 Å². The molecule has 17 heavy (non-hydrogen) atoms. The summed E-state index contributed by atoms with van der Waals surface area (Å²) in [5.74, 6) is -0.0948. The average molecular weight is 360 g/mol. The lowest BCUT2D eigenvalue weighted by molar-refractivity contribution is -0.275. The molecule has 0 N–H and O–H groups in total. The number of methoxy groups -OCH3 is 1. The summed E-state index contributed by atoms with van der Waals surface area (Å²) < 4.78 is 46.2. The summed E-state index contributed by atoms with van der Waals surface area (Å²) in [7, 11) is 1.34. The minimum absolute atomic E-state index is 0.163. The number of hydrogen-bond acceptors (Lipinski definition) is 2. The van der Waals surface area contributed by atoms with E-state index in [0.717, 1.165) is 12.0 Å². The minimum Gasteiger partial charge on any atom is -0.493 e. The van der Waals surface area contributed by atoms with Crippen LogP contribution in [-0.4, -0.2) is 13.5 Å². The van der Waals surface area contributed by atoms with Crippen LogP contribution in [0.2, 0.25) is 0 Å². The van der Waals surface area contributed by atoms with E-state index >= 15 is 0 Å². The van der Waals surface area contributed by atoms with Crippen LogP contribution in [0.4, 0.5) is 13.2 Å². The molecule has 0 aliphatic carbocycles. The SMILES string of the molecule is CCCc1ccc(I)c(OC(F)(F)F)c1OC.